The number of rotatable bonds is 7. The lowest BCUT2D eigenvalue weighted by molar-refractivity contribution is -0.146. The van der Waals surface area contributed by atoms with E-state index in [1.54, 1.807) is 39.8 Å². The Balaban J connectivity index is 1.87. The fourth-order valence-electron chi connectivity index (χ4n) is 4.53. The van der Waals surface area contributed by atoms with Crippen molar-refractivity contribution in [3.8, 4) is 21.8 Å². The van der Waals surface area contributed by atoms with Gasteiger partial charge in [-0.15, -0.1) is 11.3 Å². The van der Waals surface area contributed by atoms with Gasteiger partial charge in [-0.25, -0.2) is 9.78 Å². The van der Waals surface area contributed by atoms with Crippen molar-refractivity contribution in [1.29, 1.82) is 0 Å². The zero-order valence-corrected chi connectivity index (χ0v) is 23.2. The van der Waals surface area contributed by atoms with Crippen LogP contribution in [-0.4, -0.2) is 35.8 Å². The summed E-state index contributed by atoms with van der Waals surface area (Å²) in [6.45, 7) is 7.47. The second-order valence-corrected chi connectivity index (χ2v) is 10.1. The average molecular weight is 557 g/mol. The molecule has 3 aromatic rings. The van der Waals surface area contributed by atoms with Crippen molar-refractivity contribution >= 4 is 52.2 Å². The molecule has 0 aliphatic carbocycles. The molecule has 2 heterocycles. The fourth-order valence-corrected chi connectivity index (χ4v) is 5.71. The maximum Gasteiger partial charge on any atom is 0.336 e. The highest BCUT2D eigenvalue weighted by molar-refractivity contribution is 7.13. The van der Waals surface area contributed by atoms with Crippen LogP contribution in [0.2, 0.25) is 10.0 Å². The lowest BCUT2D eigenvalue weighted by Gasteiger charge is -2.32. The third-order valence-electron chi connectivity index (χ3n) is 6.11. The van der Waals surface area contributed by atoms with Crippen LogP contribution < -0.4 is 0 Å². The van der Waals surface area contributed by atoms with Gasteiger partial charge in [-0.1, -0.05) is 53.5 Å². The quantitative estimate of drug-likeness (QED) is 0.284. The summed E-state index contributed by atoms with van der Waals surface area (Å²) >= 11 is 13.8. The third-order valence-corrected chi connectivity index (χ3v) is 7.72. The van der Waals surface area contributed by atoms with Gasteiger partial charge in [-0.05, 0) is 45.4 Å². The number of thiazole rings is 1. The molecule has 0 saturated carbocycles. The van der Waals surface area contributed by atoms with Crippen molar-refractivity contribution in [2.24, 2.45) is 10.9 Å². The first kappa shape index (κ1) is 27.0. The predicted molar refractivity (Wildman–Crippen MR) is 148 cm³/mol. The van der Waals surface area contributed by atoms with Crippen LogP contribution in [0.4, 0.5) is 0 Å². The van der Waals surface area contributed by atoms with Gasteiger partial charge in [0.25, 0.3) is 0 Å². The largest absolute Gasteiger partial charge is 0.465 e. The van der Waals surface area contributed by atoms with Crippen LogP contribution in [-0.2, 0) is 19.1 Å². The van der Waals surface area contributed by atoms with Crippen LogP contribution in [0.25, 0.3) is 21.8 Å². The van der Waals surface area contributed by atoms with Crippen molar-refractivity contribution in [2.45, 2.75) is 33.6 Å². The van der Waals surface area contributed by atoms with Gasteiger partial charge in [0.1, 0.15) is 10.9 Å². The molecule has 192 valence electrons. The van der Waals surface area contributed by atoms with E-state index in [4.69, 9.17) is 37.7 Å². The number of esters is 2. The van der Waals surface area contributed by atoms with Crippen molar-refractivity contribution in [2.75, 3.05) is 13.2 Å². The number of hydrogen-bond acceptors (Lipinski definition) is 7. The molecule has 0 N–H and O–H groups in total. The molecule has 37 heavy (non-hydrogen) atoms. The number of nitrogens with zero attached hydrogens (tertiary/aromatic N) is 2. The molecule has 2 unspecified atom stereocenters. The number of ether oxygens (including phenoxy) is 2. The number of allylic oxidation sites excluding steroid dienone is 1. The Morgan fingerprint density at radius 1 is 1.00 bits per heavy atom. The molecule has 0 fully saturated rings. The van der Waals surface area contributed by atoms with E-state index in [0.29, 0.717) is 27.0 Å². The minimum atomic E-state index is -0.779. The maximum atomic E-state index is 13.2. The van der Waals surface area contributed by atoms with Crippen LogP contribution in [0.15, 0.2) is 64.1 Å². The minimum absolute atomic E-state index is 0.205. The van der Waals surface area contributed by atoms with Gasteiger partial charge in [0, 0.05) is 33.8 Å². The molecule has 0 saturated heterocycles. The van der Waals surface area contributed by atoms with Gasteiger partial charge in [-0.3, -0.25) is 9.79 Å². The number of carbonyl (C=O) groups is 2. The number of aromatic nitrogens is 1. The average Bonchev–Trinajstić information content (AvgIpc) is 3.35. The summed E-state index contributed by atoms with van der Waals surface area (Å²) in [5, 5.41) is 3.60. The molecular weight excluding hydrogens is 531 g/mol. The Labute approximate surface area is 230 Å². The number of carbonyl (C=O) groups excluding carboxylic acids is 2. The Morgan fingerprint density at radius 3 is 2.43 bits per heavy atom. The smallest absolute Gasteiger partial charge is 0.336 e. The fraction of sp³-hybridized carbons (Fsp3) is 0.286. The second-order valence-electron chi connectivity index (χ2n) is 8.43. The summed E-state index contributed by atoms with van der Waals surface area (Å²) < 4.78 is 10.8. The van der Waals surface area contributed by atoms with E-state index in [1.165, 1.54) is 11.3 Å². The molecule has 2 atom stereocenters. The zero-order valence-electron chi connectivity index (χ0n) is 20.9. The summed E-state index contributed by atoms with van der Waals surface area (Å²) in [4.78, 5) is 35.8. The first-order valence-electron chi connectivity index (χ1n) is 11.9. The van der Waals surface area contributed by atoms with Gasteiger partial charge < -0.3 is 9.47 Å². The van der Waals surface area contributed by atoms with E-state index in [0.717, 1.165) is 27.4 Å². The normalized spacial score (nSPS) is 17.4. The molecule has 0 spiro atoms. The van der Waals surface area contributed by atoms with Crippen molar-refractivity contribution in [1.82, 2.24) is 4.98 Å². The highest BCUT2D eigenvalue weighted by atomic mass is 35.5. The van der Waals surface area contributed by atoms with E-state index in [1.807, 2.05) is 35.7 Å². The zero-order chi connectivity index (χ0) is 26.7. The van der Waals surface area contributed by atoms with Crippen LogP contribution in [0.3, 0.4) is 0 Å². The predicted octanol–water partition coefficient (Wildman–Crippen LogP) is 7.36. The van der Waals surface area contributed by atoms with E-state index < -0.39 is 23.8 Å². The van der Waals surface area contributed by atoms with Gasteiger partial charge in [-0.2, -0.15) is 0 Å². The SMILES string of the molecule is CCOC(=O)C1=C(C)N=C(C)C(C(=O)OCC)C1c1ccccc1-c1nc(-c2ccc(Cl)c(Cl)c2)cs1. The lowest BCUT2D eigenvalue weighted by atomic mass is 9.74. The topological polar surface area (TPSA) is 77.8 Å². The van der Waals surface area contributed by atoms with Gasteiger partial charge in [0.2, 0.25) is 0 Å². The highest BCUT2D eigenvalue weighted by Gasteiger charge is 2.43. The number of hydrogen-bond donors (Lipinski definition) is 0. The Hall–Kier alpha value is -3.00. The summed E-state index contributed by atoms with van der Waals surface area (Å²) in [6.07, 6.45) is 0. The Bertz CT molecular complexity index is 1410. The molecule has 6 nitrogen and oxygen atoms in total. The molecule has 0 radical (unpaired) electrons. The Morgan fingerprint density at radius 2 is 1.73 bits per heavy atom. The van der Waals surface area contributed by atoms with Gasteiger partial charge in [0.15, 0.2) is 0 Å². The Kier molecular flexibility index (Phi) is 8.47. The molecule has 2 aromatic carbocycles. The number of aliphatic imine (C=N–C) groups is 1. The van der Waals surface area contributed by atoms with E-state index in [2.05, 4.69) is 4.99 Å². The number of halogens is 2. The second kappa shape index (κ2) is 11.6. The van der Waals surface area contributed by atoms with E-state index in [9.17, 15) is 9.59 Å². The summed E-state index contributed by atoms with van der Waals surface area (Å²) in [7, 11) is 0. The first-order valence-corrected chi connectivity index (χ1v) is 13.5. The molecule has 4 rings (SSSR count). The highest BCUT2D eigenvalue weighted by Crippen LogP contribution is 2.44. The molecule has 0 bridgehead atoms. The van der Waals surface area contributed by atoms with Crippen molar-refractivity contribution in [3.05, 3.63) is 74.7 Å². The third kappa shape index (κ3) is 5.49. The standard InChI is InChI=1S/C28H26Cl2N2O4S/c1-5-35-27(33)23-15(3)31-16(4)24(28(34)36-6-2)25(23)18-9-7-8-10-19(18)26-32-22(14-37-26)17-11-12-20(29)21(30)13-17/h7-14,23,25H,5-6H2,1-4H3. The van der Waals surface area contributed by atoms with E-state index in [-0.39, 0.29) is 13.2 Å². The summed E-state index contributed by atoms with van der Waals surface area (Å²) in [6, 6.07) is 13.0. The monoisotopic (exact) mass is 556 g/mol. The van der Waals surface area contributed by atoms with Crippen molar-refractivity contribution < 1.29 is 19.1 Å². The molecule has 1 aromatic heterocycles. The maximum absolute atomic E-state index is 13.2. The molecule has 0 amide bonds. The summed E-state index contributed by atoms with van der Waals surface area (Å²) in [5.74, 6) is -2.36. The van der Waals surface area contributed by atoms with Crippen LogP contribution >= 0.6 is 34.5 Å². The van der Waals surface area contributed by atoms with Crippen LogP contribution in [0.1, 0.15) is 39.2 Å². The molecule has 1 aliphatic rings. The van der Waals surface area contributed by atoms with Gasteiger partial charge in [0.05, 0.1) is 34.5 Å². The van der Waals surface area contributed by atoms with E-state index >= 15 is 0 Å². The number of benzene rings is 2. The van der Waals surface area contributed by atoms with Crippen LogP contribution in [0.5, 0.6) is 0 Å². The molecular formula is C28H26Cl2N2O4S. The lowest BCUT2D eigenvalue weighted by Crippen LogP contribution is -2.36. The first-order chi connectivity index (χ1) is 17.8. The van der Waals surface area contributed by atoms with Gasteiger partial charge >= 0.3 is 11.9 Å². The molecule has 1 aliphatic heterocycles. The molecule has 9 heteroatoms. The van der Waals surface area contributed by atoms with Crippen molar-refractivity contribution in [3.63, 3.8) is 0 Å². The minimum Gasteiger partial charge on any atom is -0.465 e. The van der Waals surface area contributed by atoms with Crippen LogP contribution in [0, 0.1) is 5.92 Å². The summed E-state index contributed by atoms with van der Waals surface area (Å²) in [5.41, 5.74) is 4.61.